The average molecular weight is 363 g/mol. The molecule has 0 saturated carbocycles. The first-order valence-corrected chi connectivity index (χ1v) is 9.50. The van der Waals surface area contributed by atoms with Crippen LogP contribution in [-0.4, -0.2) is 24.0 Å². The summed E-state index contributed by atoms with van der Waals surface area (Å²) in [4.78, 5) is 14.9. The molecular weight excluding hydrogens is 338 g/mol. The Bertz CT molecular complexity index is 911. The van der Waals surface area contributed by atoms with Crippen molar-refractivity contribution in [2.75, 3.05) is 13.3 Å². The van der Waals surface area contributed by atoms with Gasteiger partial charge < -0.3 is 9.47 Å². The van der Waals surface area contributed by atoms with Gasteiger partial charge in [-0.05, 0) is 50.8 Å². The van der Waals surface area contributed by atoms with Crippen molar-refractivity contribution in [3.05, 3.63) is 70.0 Å². The zero-order chi connectivity index (χ0) is 19.0. The molecule has 2 aliphatic heterocycles. The number of rotatable bonds is 4. The maximum atomic E-state index is 12.6. The number of allylic oxidation sites excluding steroid dienone is 2. The van der Waals surface area contributed by atoms with E-state index >= 15 is 0 Å². The number of hydrogen-bond acceptors (Lipinski definition) is 4. The van der Waals surface area contributed by atoms with Crippen molar-refractivity contribution in [1.82, 2.24) is 4.90 Å². The summed E-state index contributed by atoms with van der Waals surface area (Å²) in [5, 5.41) is 0. The molecule has 4 nitrogen and oxygen atoms in total. The molecule has 2 aromatic carbocycles. The zero-order valence-electron chi connectivity index (χ0n) is 16.2. The predicted octanol–water partition coefficient (Wildman–Crippen LogP) is 4.65. The van der Waals surface area contributed by atoms with E-state index in [1.807, 2.05) is 32.9 Å². The van der Waals surface area contributed by atoms with Gasteiger partial charge in [-0.25, -0.2) is 0 Å². The molecule has 140 valence electrons. The second-order valence-electron chi connectivity index (χ2n) is 7.54. The topological polar surface area (TPSA) is 38.8 Å². The molecule has 2 aromatic rings. The number of fused-ring (bicyclic) bond motifs is 2. The van der Waals surface area contributed by atoms with Gasteiger partial charge in [0.05, 0.1) is 5.56 Å². The number of benzene rings is 2. The molecule has 0 bridgehead atoms. The van der Waals surface area contributed by atoms with E-state index in [9.17, 15) is 4.79 Å². The molecule has 0 aliphatic carbocycles. The molecule has 4 rings (SSSR count). The summed E-state index contributed by atoms with van der Waals surface area (Å²) < 4.78 is 11.9. The Morgan fingerprint density at radius 2 is 1.93 bits per heavy atom. The summed E-state index contributed by atoms with van der Waals surface area (Å²) in [6.07, 6.45) is 2.14. The van der Waals surface area contributed by atoms with E-state index in [2.05, 4.69) is 29.2 Å². The largest absolute Gasteiger partial charge is 0.477 e. The molecule has 2 aliphatic rings. The Labute approximate surface area is 160 Å². The van der Waals surface area contributed by atoms with Crippen LogP contribution in [0.25, 0.3) is 0 Å². The van der Waals surface area contributed by atoms with E-state index in [4.69, 9.17) is 9.47 Å². The highest BCUT2D eigenvalue weighted by molar-refractivity contribution is 6.13. The highest BCUT2D eigenvalue weighted by atomic mass is 16.5. The Kier molecular flexibility index (Phi) is 4.75. The van der Waals surface area contributed by atoms with Crippen LogP contribution < -0.4 is 9.47 Å². The number of ketones is 1. The lowest BCUT2D eigenvalue weighted by Crippen LogP contribution is -2.33. The maximum absolute atomic E-state index is 12.6. The van der Waals surface area contributed by atoms with Gasteiger partial charge in [-0.15, -0.1) is 0 Å². The van der Waals surface area contributed by atoms with Gasteiger partial charge in [0.25, 0.3) is 0 Å². The summed E-state index contributed by atoms with van der Waals surface area (Å²) in [6, 6.07) is 12.5. The lowest BCUT2D eigenvalue weighted by molar-refractivity contribution is 0.0932. The number of nitrogens with zero attached hydrogens (tertiary/aromatic N) is 1. The van der Waals surface area contributed by atoms with Gasteiger partial charge >= 0.3 is 0 Å². The first-order valence-electron chi connectivity index (χ1n) is 9.50. The van der Waals surface area contributed by atoms with Crippen LogP contribution >= 0.6 is 0 Å². The summed E-state index contributed by atoms with van der Waals surface area (Å²) in [7, 11) is 0. The van der Waals surface area contributed by atoms with Crippen LogP contribution in [0.3, 0.4) is 0 Å². The molecule has 27 heavy (non-hydrogen) atoms. The zero-order valence-corrected chi connectivity index (χ0v) is 16.2. The maximum Gasteiger partial charge on any atom is 0.231 e. The fourth-order valence-electron chi connectivity index (χ4n) is 3.81. The number of aryl methyl sites for hydroxylation is 1. The first kappa shape index (κ1) is 17.8. The van der Waals surface area contributed by atoms with Gasteiger partial charge in [0.2, 0.25) is 5.78 Å². The molecule has 0 spiro atoms. The van der Waals surface area contributed by atoms with Crippen LogP contribution in [-0.2, 0) is 13.0 Å². The molecule has 0 unspecified atom stereocenters. The van der Waals surface area contributed by atoms with Crippen LogP contribution in [0, 0.1) is 6.92 Å². The van der Waals surface area contributed by atoms with E-state index in [-0.39, 0.29) is 5.78 Å². The molecular formula is C23H25NO3. The van der Waals surface area contributed by atoms with E-state index in [1.54, 1.807) is 0 Å². The molecule has 0 N–H and O–H groups in total. The fourth-order valence-corrected chi connectivity index (χ4v) is 3.81. The standard InChI is InChI=1S/C23H25NO3/c1-15(2)21-20(25)19-12-18-13-24(11-7-10-17-8-5-4-6-9-17)14-26-22(18)16(3)23(19)27-21/h4-6,8-9,12H,7,10-11,13-14H2,1-3H3. The number of Topliss-reactive ketones (excluding diaryl/α,β-unsaturated/α-hetero) is 1. The molecule has 0 saturated heterocycles. The first-order chi connectivity index (χ1) is 13.0. The van der Waals surface area contributed by atoms with Gasteiger partial charge in [-0.2, -0.15) is 0 Å². The Morgan fingerprint density at radius 3 is 2.67 bits per heavy atom. The normalized spacial score (nSPS) is 15.8. The van der Waals surface area contributed by atoms with Gasteiger partial charge in [0.1, 0.15) is 18.2 Å². The quantitative estimate of drug-likeness (QED) is 0.741. The number of ether oxygens (including phenoxy) is 2. The van der Waals surface area contributed by atoms with E-state index < -0.39 is 0 Å². The highest BCUT2D eigenvalue weighted by Crippen LogP contribution is 2.43. The van der Waals surface area contributed by atoms with Crippen LogP contribution in [0.2, 0.25) is 0 Å². The average Bonchev–Trinajstić information content (AvgIpc) is 3.00. The summed E-state index contributed by atoms with van der Waals surface area (Å²) >= 11 is 0. The SMILES string of the molecule is CC(C)=C1Oc2c(cc3c(c2C)OCN(CCCc2ccccc2)C3)C1=O. The molecule has 4 heteroatoms. The fraction of sp³-hybridized carbons (Fsp3) is 0.348. The Balaban J connectivity index is 1.48. The van der Waals surface area contributed by atoms with Gasteiger partial charge in [-0.1, -0.05) is 30.3 Å². The molecule has 0 aromatic heterocycles. The Morgan fingerprint density at radius 1 is 1.15 bits per heavy atom. The molecule has 0 amide bonds. The monoisotopic (exact) mass is 363 g/mol. The van der Waals surface area contributed by atoms with Crippen LogP contribution in [0.4, 0.5) is 0 Å². The summed E-state index contributed by atoms with van der Waals surface area (Å²) in [5.41, 5.74) is 4.93. The van der Waals surface area contributed by atoms with Crippen molar-refractivity contribution < 1.29 is 14.3 Å². The minimum atomic E-state index is -0.0166. The van der Waals surface area contributed by atoms with Gasteiger partial charge in [0.15, 0.2) is 5.76 Å². The Hall–Kier alpha value is -2.59. The third kappa shape index (κ3) is 3.37. The van der Waals surface area contributed by atoms with E-state index in [0.717, 1.165) is 48.4 Å². The second kappa shape index (κ2) is 7.20. The summed E-state index contributed by atoms with van der Waals surface area (Å²) in [6.45, 7) is 8.12. The van der Waals surface area contributed by atoms with Crippen molar-refractivity contribution in [1.29, 1.82) is 0 Å². The number of carbonyl (C=O) groups excluding carboxylic acids is 1. The van der Waals surface area contributed by atoms with Crippen molar-refractivity contribution in [2.45, 2.75) is 40.2 Å². The lowest BCUT2D eigenvalue weighted by atomic mass is 9.99. The van der Waals surface area contributed by atoms with Gasteiger partial charge in [0, 0.05) is 24.2 Å². The number of hydrogen-bond donors (Lipinski definition) is 0. The van der Waals surface area contributed by atoms with Crippen molar-refractivity contribution >= 4 is 5.78 Å². The minimum Gasteiger partial charge on any atom is -0.477 e. The van der Waals surface area contributed by atoms with Crippen molar-refractivity contribution in [3.63, 3.8) is 0 Å². The predicted molar refractivity (Wildman–Crippen MR) is 105 cm³/mol. The second-order valence-corrected chi connectivity index (χ2v) is 7.54. The molecule has 0 atom stereocenters. The molecule has 0 fully saturated rings. The van der Waals surface area contributed by atoms with Gasteiger partial charge in [-0.3, -0.25) is 9.69 Å². The lowest BCUT2D eigenvalue weighted by Gasteiger charge is -2.30. The van der Waals surface area contributed by atoms with E-state index in [1.165, 1.54) is 5.56 Å². The van der Waals surface area contributed by atoms with Crippen LogP contribution in [0.1, 0.15) is 47.3 Å². The smallest absolute Gasteiger partial charge is 0.231 e. The van der Waals surface area contributed by atoms with Crippen LogP contribution in [0.5, 0.6) is 11.5 Å². The minimum absolute atomic E-state index is 0.0166. The third-order valence-electron chi connectivity index (χ3n) is 5.21. The van der Waals surface area contributed by atoms with Crippen molar-refractivity contribution in [2.24, 2.45) is 0 Å². The van der Waals surface area contributed by atoms with Crippen LogP contribution in [0.15, 0.2) is 47.7 Å². The third-order valence-corrected chi connectivity index (χ3v) is 5.21. The molecule has 2 heterocycles. The van der Waals surface area contributed by atoms with E-state index in [0.29, 0.717) is 23.8 Å². The highest BCUT2D eigenvalue weighted by Gasteiger charge is 2.33. The van der Waals surface area contributed by atoms with Crippen molar-refractivity contribution in [3.8, 4) is 11.5 Å². The summed E-state index contributed by atoms with van der Waals surface area (Å²) in [5.74, 6) is 1.97. The molecule has 0 radical (unpaired) electrons. The number of carbonyl (C=O) groups is 1.